The molecule has 0 fully saturated rings. The van der Waals surface area contributed by atoms with Gasteiger partial charge in [0.15, 0.2) is 0 Å². The summed E-state index contributed by atoms with van der Waals surface area (Å²) in [5.74, 6) is -0.837. The van der Waals surface area contributed by atoms with E-state index in [1.54, 1.807) is 31.4 Å². The number of methoxy groups -OCH3 is 1. The van der Waals surface area contributed by atoms with Crippen LogP contribution in [-0.2, 0) is 9.59 Å². The molecule has 0 radical (unpaired) electrons. The third kappa shape index (κ3) is 4.58. The van der Waals surface area contributed by atoms with Crippen LogP contribution in [0.25, 0.3) is 6.08 Å². The van der Waals surface area contributed by atoms with Crippen LogP contribution >= 0.6 is 15.9 Å². The summed E-state index contributed by atoms with van der Waals surface area (Å²) < 4.78 is 5.85. The molecule has 1 aromatic carbocycles. The number of nitrogens with one attached hydrogen (secondary N) is 1. The number of carboxylic acids is 1. The lowest BCUT2D eigenvalue weighted by molar-refractivity contribution is -0.137. The van der Waals surface area contributed by atoms with Crippen LogP contribution in [0.15, 0.2) is 28.7 Å². The van der Waals surface area contributed by atoms with Crippen LogP contribution in [0.2, 0.25) is 0 Å². The minimum absolute atomic E-state index is 0.393. The standard InChI is InChI=1S/C12H12BrNO4/c1-18-10-4-2-8(6-9(10)13)3-5-11(15)14-7-12(16)17/h2-6H,7H2,1H3,(H,14,15)(H,16,17)/b5-3+. The van der Waals surface area contributed by atoms with Crippen LogP contribution in [0.3, 0.4) is 0 Å². The van der Waals surface area contributed by atoms with E-state index in [0.717, 1.165) is 10.0 Å². The van der Waals surface area contributed by atoms with E-state index in [-0.39, 0.29) is 0 Å². The van der Waals surface area contributed by atoms with Gasteiger partial charge in [-0.3, -0.25) is 9.59 Å². The second-order valence-electron chi connectivity index (χ2n) is 3.34. The molecule has 0 spiro atoms. The maximum absolute atomic E-state index is 11.2. The average molecular weight is 314 g/mol. The second-order valence-corrected chi connectivity index (χ2v) is 4.19. The molecular formula is C12H12BrNO4. The van der Waals surface area contributed by atoms with E-state index in [2.05, 4.69) is 21.2 Å². The second kappa shape index (κ2) is 6.80. The maximum atomic E-state index is 11.2. The molecule has 1 aromatic rings. The van der Waals surface area contributed by atoms with Gasteiger partial charge in [0, 0.05) is 6.08 Å². The number of halogens is 1. The van der Waals surface area contributed by atoms with Crippen molar-refractivity contribution in [1.29, 1.82) is 0 Å². The Hall–Kier alpha value is -1.82. The van der Waals surface area contributed by atoms with Gasteiger partial charge < -0.3 is 15.2 Å². The zero-order valence-corrected chi connectivity index (χ0v) is 11.2. The molecule has 18 heavy (non-hydrogen) atoms. The fourth-order valence-corrected chi connectivity index (χ4v) is 1.74. The molecule has 0 heterocycles. The van der Waals surface area contributed by atoms with Gasteiger partial charge in [0.1, 0.15) is 12.3 Å². The Morgan fingerprint density at radius 1 is 1.50 bits per heavy atom. The minimum atomic E-state index is -1.08. The Bertz CT molecular complexity index is 485. The van der Waals surface area contributed by atoms with Gasteiger partial charge in [0.2, 0.25) is 5.91 Å². The van der Waals surface area contributed by atoms with Crippen molar-refractivity contribution >= 4 is 33.9 Å². The summed E-state index contributed by atoms with van der Waals surface area (Å²) in [6.45, 7) is -0.393. The molecule has 0 aliphatic rings. The molecular weight excluding hydrogens is 302 g/mol. The van der Waals surface area contributed by atoms with Gasteiger partial charge in [-0.2, -0.15) is 0 Å². The average Bonchev–Trinajstić information content (AvgIpc) is 2.34. The summed E-state index contributed by atoms with van der Waals surface area (Å²) in [5, 5.41) is 10.6. The Morgan fingerprint density at radius 2 is 2.22 bits per heavy atom. The van der Waals surface area contributed by atoms with Crippen molar-refractivity contribution in [3.8, 4) is 5.75 Å². The zero-order chi connectivity index (χ0) is 13.5. The summed E-state index contributed by atoms with van der Waals surface area (Å²) in [6.07, 6.45) is 2.86. The number of benzene rings is 1. The lowest BCUT2D eigenvalue weighted by Gasteiger charge is -2.03. The highest BCUT2D eigenvalue weighted by atomic mass is 79.9. The SMILES string of the molecule is COc1ccc(/C=C/C(=O)NCC(=O)O)cc1Br. The van der Waals surface area contributed by atoms with Crippen molar-refractivity contribution in [2.24, 2.45) is 0 Å². The predicted molar refractivity (Wildman–Crippen MR) is 70.4 cm³/mol. The lowest BCUT2D eigenvalue weighted by atomic mass is 10.2. The highest BCUT2D eigenvalue weighted by molar-refractivity contribution is 9.10. The highest BCUT2D eigenvalue weighted by Crippen LogP contribution is 2.25. The van der Waals surface area contributed by atoms with Crippen molar-refractivity contribution < 1.29 is 19.4 Å². The van der Waals surface area contributed by atoms with Gasteiger partial charge in [-0.15, -0.1) is 0 Å². The summed E-state index contributed by atoms with van der Waals surface area (Å²) in [4.78, 5) is 21.5. The molecule has 0 aromatic heterocycles. The Labute approximate surface area is 113 Å². The van der Waals surface area contributed by atoms with Crippen molar-refractivity contribution in [3.63, 3.8) is 0 Å². The Kier molecular flexibility index (Phi) is 5.38. The number of carbonyl (C=O) groups excluding carboxylic acids is 1. The molecule has 0 saturated heterocycles. The van der Waals surface area contributed by atoms with Crippen LogP contribution in [0.1, 0.15) is 5.56 Å². The normalized spacial score (nSPS) is 10.3. The third-order valence-electron chi connectivity index (χ3n) is 2.02. The Balaban J connectivity index is 2.64. The van der Waals surface area contributed by atoms with E-state index < -0.39 is 18.4 Å². The number of aliphatic carboxylic acids is 1. The topological polar surface area (TPSA) is 75.6 Å². The van der Waals surface area contributed by atoms with Gasteiger partial charge >= 0.3 is 5.97 Å². The van der Waals surface area contributed by atoms with Crippen molar-refractivity contribution in [1.82, 2.24) is 5.32 Å². The number of rotatable bonds is 5. The van der Waals surface area contributed by atoms with E-state index in [1.165, 1.54) is 6.08 Å². The predicted octanol–water partition coefficient (Wildman–Crippen LogP) is 1.67. The van der Waals surface area contributed by atoms with E-state index in [1.807, 2.05) is 0 Å². The first-order valence-electron chi connectivity index (χ1n) is 5.04. The van der Waals surface area contributed by atoms with E-state index in [9.17, 15) is 9.59 Å². The smallest absolute Gasteiger partial charge is 0.322 e. The van der Waals surface area contributed by atoms with E-state index in [0.29, 0.717) is 5.75 Å². The van der Waals surface area contributed by atoms with Crippen LogP contribution in [0.4, 0.5) is 0 Å². The molecule has 0 saturated carbocycles. The first kappa shape index (κ1) is 14.2. The highest BCUT2D eigenvalue weighted by Gasteiger charge is 2.01. The lowest BCUT2D eigenvalue weighted by Crippen LogP contribution is -2.27. The number of carbonyl (C=O) groups is 2. The fourth-order valence-electron chi connectivity index (χ4n) is 1.18. The third-order valence-corrected chi connectivity index (χ3v) is 2.64. The molecule has 96 valence electrons. The number of hydrogen-bond acceptors (Lipinski definition) is 3. The molecule has 0 bridgehead atoms. The summed E-state index contributed by atoms with van der Waals surface area (Å²) in [6, 6.07) is 5.34. The Morgan fingerprint density at radius 3 is 2.78 bits per heavy atom. The van der Waals surface area contributed by atoms with Gasteiger partial charge in [0.05, 0.1) is 11.6 Å². The van der Waals surface area contributed by atoms with Gasteiger partial charge in [-0.05, 0) is 39.7 Å². The van der Waals surface area contributed by atoms with Crippen LogP contribution in [0, 0.1) is 0 Å². The van der Waals surface area contributed by atoms with Crippen LogP contribution in [0.5, 0.6) is 5.75 Å². The fraction of sp³-hybridized carbons (Fsp3) is 0.167. The van der Waals surface area contributed by atoms with Crippen molar-refractivity contribution in [3.05, 3.63) is 34.3 Å². The van der Waals surface area contributed by atoms with E-state index >= 15 is 0 Å². The molecule has 0 aliphatic heterocycles. The van der Waals surface area contributed by atoms with E-state index in [4.69, 9.17) is 9.84 Å². The molecule has 6 heteroatoms. The molecule has 0 unspecified atom stereocenters. The summed E-state index contributed by atoms with van der Waals surface area (Å²) >= 11 is 3.33. The molecule has 1 rings (SSSR count). The monoisotopic (exact) mass is 313 g/mol. The minimum Gasteiger partial charge on any atom is -0.496 e. The summed E-state index contributed by atoms with van der Waals surface area (Å²) in [5.41, 5.74) is 0.799. The number of hydrogen-bond donors (Lipinski definition) is 2. The quantitative estimate of drug-likeness (QED) is 0.811. The first-order valence-corrected chi connectivity index (χ1v) is 5.83. The van der Waals surface area contributed by atoms with Gasteiger partial charge in [-0.25, -0.2) is 0 Å². The maximum Gasteiger partial charge on any atom is 0.322 e. The van der Waals surface area contributed by atoms with Gasteiger partial charge in [-0.1, -0.05) is 6.07 Å². The molecule has 5 nitrogen and oxygen atoms in total. The van der Waals surface area contributed by atoms with Crippen molar-refractivity contribution in [2.45, 2.75) is 0 Å². The first-order chi connectivity index (χ1) is 8.52. The molecule has 0 aliphatic carbocycles. The largest absolute Gasteiger partial charge is 0.496 e. The molecule has 1 amide bonds. The number of ether oxygens (including phenoxy) is 1. The summed E-state index contributed by atoms with van der Waals surface area (Å²) in [7, 11) is 1.56. The molecule has 0 atom stereocenters. The number of carboxylic acid groups (broad SMARTS) is 1. The number of amides is 1. The van der Waals surface area contributed by atoms with Gasteiger partial charge in [0.25, 0.3) is 0 Å². The zero-order valence-electron chi connectivity index (χ0n) is 9.64. The van der Waals surface area contributed by atoms with Crippen LogP contribution < -0.4 is 10.1 Å². The van der Waals surface area contributed by atoms with Crippen LogP contribution in [-0.4, -0.2) is 30.6 Å². The van der Waals surface area contributed by atoms with Crippen molar-refractivity contribution in [2.75, 3.05) is 13.7 Å². The molecule has 2 N–H and O–H groups in total.